The summed E-state index contributed by atoms with van der Waals surface area (Å²) >= 11 is 4.15. The number of hydrogen-bond donors (Lipinski definition) is 4. The van der Waals surface area contributed by atoms with Gasteiger partial charge < -0.3 is 10.1 Å². The van der Waals surface area contributed by atoms with Crippen LogP contribution in [0.4, 0.5) is 0 Å². The van der Waals surface area contributed by atoms with Crippen LogP contribution in [0.15, 0.2) is 30.3 Å². The first-order valence-electron chi connectivity index (χ1n) is 7.13. The molecule has 3 N–H and O–H groups in total. The van der Waals surface area contributed by atoms with Gasteiger partial charge in [-0.3, -0.25) is 9.11 Å². The molecule has 22 heavy (non-hydrogen) atoms. The summed E-state index contributed by atoms with van der Waals surface area (Å²) in [4.78, 5) is 0. The number of para-hydroxylation sites is 1. The van der Waals surface area contributed by atoms with Gasteiger partial charge in [-0.05, 0) is 31.5 Å². The zero-order valence-electron chi connectivity index (χ0n) is 12.5. The fourth-order valence-corrected chi connectivity index (χ4v) is 1.77. The highest BCUT2D eigenvalue weighted by atomic mass is 32.3. The Morgan fingerprint density at radius 1 is 1.00 bits per heavy atom. The number of benzene rings is 1. The smallest absolute Gasteiger partial charge is 0.394 e. The molecule has 0 atom stereocenters. The molecule has 0 radical (unpaired) electrons. The van der Waals surface area contributed by atoms with E-state index < -0.39 is 10.4 Å². The third-order valence-electron chi connectivity index (χ3n) is 2.55. The summed E-state index contributed by atoms with van der Waals surface area (Å²) in [5.41, 5.74) is 0. The topological polar surface area (TPSA) is 95.9 Å². The molecule has 0 saturated heterocycles. The van der Waals surface area contributed by atoms with Crippen molar-refractivity contribution in [1.82, 2.24) is 5.32 Å². The number of ether oxygens (including phenoxy) is 1. The number of rotatable bonds is 10. The average molecular weight is 351 g/mol. The van der Waals surface area contributed by atoms with E-state index in [0.29, 0.717) is 0 Å². The van der Waals surface area contributed by atoms with Gasteiger partial charge in [0.05, 0.1) is 6.61 Å². The highest BCUT2D eigenvalue weighted by Crippen LogP contribution is 2.09. The molecule has 0 bridgehead atoms. The number of unbranched alkanes of at least 4 members (excludes halogenated alkanes) is 3. The van der Waals surface area contributed by atoms with Crippen molar-refractivity contribution >= 4 is 23.0 Å². The van der Waals surface area contributed by atoms with Crippen molar-refractivity contribution in [3.8, 4) is 5.75 Å². The molecule has 0 aromatic heterocycles. The molecule has 0 heterocycles. The van der Waals surface area contributed by atoms with Gasteiger partial charge in [-0.2, -0.15) is 21.0 Å². The maximum absolute atomic E-state index is 8.74. The van der Waals surface area contributed by atoms with E-state index >= 15 is 0 Å². The summed E-state index contributed by atoms with van der Waals surface area (Å²) in [5, 5.41) is 3.34. The maximum Gasteiger partial charge on any atom is 0.394 e. The molecule has 0 spiro atoms. The van der Waals surface area contributed by atoms with Crippen LogP contribution in [-0.4, -0.2) is 43.0 Å². The Morgan fingerprint density at radius 2 is 1.59 bits per heavy atom. The molecule has 128 valence electrons. The van der Waals surface area contributed by atoms with E-state index in [1.165, 1.54) is 19.3 Å². The molecule has 0 amide bonds. The summed E-state index contributed by atoms with van der Waals surface area (Å²) < 4.78 is 37.2. The predicted octanol–water partition coefficient (Wildman–Crippen LogP) is 2.49. The van der Waals surface area contributed by atoms with Gasteiger partial charge in [-0.15, -0.1) is 0 Å². The summed E-state index contributed by atoms with van der Waals surface area (Å²) in [6, 6.07) is 10.0. The Bertz CT molecular complexity index is 446. The standard InChI is InChI=1S/C14H23NOS.H2O4S/c17-13-11-15-10-6-1-2-7-12-16-14-8-4-3-5-9-14;1-5(2,3)4/h3-5,8-9,15,17H,1-2,6-7,10-13H2;(H2,1,2,3,4). The van der Waals surface area contributed by atoms with Gasteiger partial charge in [-0.25, -0.2) is 0 Å². The third kappa shape index (κ3) is 19.2. The van der Waals surface area contributed by atoms with E-state index in [2.05, 4.69) is 17.9 Å². The van der Waals surface area contributed by atoms with Gasteiger partial charge in [-0.1, -0.05) is 31.0 Å². The molecule has 0 aliphatic carbocycles. The van der Waals surface area contributed by atoms with Crippen molar-refractivity contribution in [2.24, 2.45) is 0 Å². The fourth-order valence-electron chi connectivity index (χ4n) is 1.62. The van der Waals surface area contributed by atoms with Crippen molar-refractivity contribution in [2.45, 2.75) is 25.7 Å². The monoisotopic (exact) mass is 351 g/mol. The van der Waals surface area contributed by atoms with Crippen molar-refractivity contribution < 1.29 is 22.3 Å². The lowest BCUT2D eigenvalue weighted by Crippen LogP contribution is -2.17. The second kappa shape index (κ2) is 13.8. The molecule has 6 nitrogen and oxygen atoms in total. The lowest BCUT2D eigenvalue weighted by molar-refractivity contribution is 0.304. The number of hydrogen-bond acceptors (Lipinski definition) is 5. The minimum absolute atomic E-state index is 0.827. The van der Waals surface area contributed by atoms with Crippen LogP contribution in [0.1, 0.15) is 25.7 Å². The second-order valence-electron chi connectivity index (χ2n) is 4.50. The van der Waals surface area contributed by atoms with E-state index in [-0.39, 0.29) is 0 Å². The molecule has 1 aromatic carbocycles. The SMILES string of the molecule is O=S(=O)(O)O.SCCNCCCCCCOc1ccccc1. The Balaban J connectivity index is 0.000000763. The van der Waals surface area contributed by atoms with Gasteiger partial charge in [0, 0.05) is 12.3 Å². The predicted molar refractivity (Wildman–Crippen MR) is 91.3 cm³/mol. The Morgan fingerprint density at radius 3 is 2.18 bits per heavy atom. The van der Waals surface area contributed by atoms with Crippen LogP contribution in [-0.2, 0) is 10.4 Å². The van der Waals surface area contributed by atoms with E-state index in [4.69, 9.17) is 22.3 Å². The largest absolute Gasteiger partial charge is 0.494 e. The van der Waals surface area contributed by atoms with E-state index in [9.17, 15) is 0 Å². The van der Waals surface area contributed by atoms with Crippen LogP contribution < -0.4 is 10.1 Å². The van der Waals surface area contributed by atoms with Gasteiger partial charge in [0.25, 0.3) is 0 Å². The fraction of sp³-hybridized carbons (Fsp3) is 0.571. The lowest BCUT2D eigenvalue weighted by Gasteiger charge is -2.06. The van der Waals surface area contributed by atoms with E-state index in [1.54, 1.807) is 0 Å². The summed E-state index contributed by atoms with van der Waals surface area (Å²) in [6.07, 6.45) is 4.91. The van der Waals surface area contributed by atoms with Crippen LogP contribution in [0.5, 0.6) is 5.75 Å². The highest BCUT2D eigenvalue weighted by molar-refractivity contribution is 7.80. The van der Waals surface area contributed by atoms with Crippen LogP contribution in [0.25, 0.3) is 0 Å². The first-order valence-corrected chi connectivity index (χ1v) is 9.15. The first-order chi connectivity index (χ1) is 10.4. The summed E-state index contributed by atoms with van der Waals surface area (Å²) in [6.45, 7) is 2.95. The van der Waals surface area contributed by atoms with E-state index in [0.717, 1.165) is 37.6 Å². The van der Waals surface area contributed by atoms with Gasteiger partial charge in [0.15, 0.2) is 0 Å². The van der Waals surface area contributed by atoms with Gasteiger partial charge in [0.1, 0.15) is 5.75 Å². The molecule has 8 heteroatoms. The minimum Gasteiger partial charge on any atom is -0.494 e. The van der Waals surface area contributed by atoms with Crippen molar-refractivity contribution in [1.29, 1.82) is 0 Å². The van der Waals surface area contributed by atoms with Crippen LogP contribution in [0, 0.1) is 0 Å². The maximum atomic E-state index is 8.74. The normalized spacial score (nSPS) is 10.7. The Kier molecular flexibility index (Phi) is 13.3. The molecule has 0 saturated carbocycles. The molecule has 0 fully saturated rings. The molecule has 1 aromatic rings. The molecule has 0 aliphatic rings. The molecule has 1 rings (SSSR count). The Hall–Kier alpha value is -0.800. The summed E-state index contributed by atoms with van der Waals surface area (Å²) in [5.74, 6) is 1.90. The van der Waals surface area contributed by atoms with Crippen molar-refractivity contribution in [3.05, 3.63) is 30.3 Å². The van der Waals surface area contributed by atoms with E-state index in [1.807, 2.05) is 30.3 Å². The Labute approximate surface area is 138 Å². The molecular formula is C14H25NO5S2. The first kappa shape index (κ1) is 21.2. The van der Waals surface area contributed by atoms with Crippen molar-refractivity contribution in [3.63, 3.8) is 0 Å². The van der Waals surface area contributed by atoms with Crippen LogP contribution in [0.3, 0.4) is 0 Å². The van der Waals surface area contributed by atoms with Crippen LogP contribution >= 0.6 is 12.6 Å². The average Bonchev–Trinajstić information content (AvgIpc) is 2.45. The zero-order valence-corrected chi connectivity index (χ0v) is 14.2. The second-order valence-corrected chi connectivity index (χ2v) is 5.84. The zero-order chi connectivity index (χ0) is 16.7. The quantitative estimate of drug-likeness (QED) is 0.294. The number of nitrogens with one attached hydrogen (secondary N) is 1. The molecular weight excluding hydrogens is 326 g/mol. The van der Waals surface area contributed by atoms with Gasteiger partial charge in [0.2, 0.25) is 0 Å². The van der Waals surface area contributed by atoms with Crippen LogP contribution in [0.2, 0.25) is 0 Å². The third-order valence-corrected chi connectivity index (χ3v) is 2.77. The lowest BCUT2D eigenvalue weighted by atomic mass is 10.2. The molecule has 0 aliphatic heterocycles. The highest BCUT2D eigenvalue weighted by Gasteiger charge is 1.93. The van der Waals surface area contributed by atoms with Gasteiger partial charge >= 0.3 is 10.4 Å². The minimum atomic E-state index is -4.67. The summed E-state index contributed by atoms with van der Waals surface area (Å²) in [7, 11) is -4.67. The number of thiol groups is 1. The van der Waals surface area contributed by atoms with Crippen molar-refractivity contribution in [2.75, 3.05) is 25.4 Å². The molecule has 0 unspecified atom stereocenters.